The molecule has 0 aliphatic rings. The number of benzene rings is 2. The maximum atomic E-state index is 13.3. The molecule has 0 atom stereocenters. The van der Waals surface area contributed by atoms with Gasteiger partial charge in [-0.15, -0.1) is 0 Å². The number of aliphatic hydroxyl groups excluding tert-OH is 1. The molecule has 0 fully saturated rings. The summed E-state index contributed by atoms with van der Waals surface area (Å²) < 4.78 is 41.5. The molecule has 0 aliphatic carbocycles. The first-order valence-corrected chi connectivity index (χ1v) is 11.1. The zero-order valence-corrected chi connectivity index (χ0v) is 20.2. The van der Waals surface area contributed by atoms with Crippen molar-refractivity contribution in [3.05, 3.63) is 92.4 Å². The van der Waals surface area contributed by atoms with E-state index in [0.29, 0.717) is 38.5 Å². The first-order valence-electron chi connectivity index (χ1n) is 11.1. The Morgan fingerprint density at radius 3 is 1.88 bits per heavy atom. The third-order valence-electron chi connectivity index (χ3n) is 5.62. The van der Waals surface area contributed by atoms with Crippen LogP contribution in [0.15, 0.2) is 67.0 Å². The Morgan fingerprint density at radius 2 is 1.38 bits per heavy atom. The molecule has 0 aliphatic heterocycles. The van der Waals surface area contributed by atoms with Crippen molar-refractivity contribution < 1.29 is 52.5 Å². The van der Waals surface area contributed by atoms with Gasteiger partial charge in [0.15, 0.2) is 17.4 Å². The molecule has 0 unspecified atom stereocenters. The Labute approximate surface area is 248 Å². The van der Waals surface area contributed by atoms with Gasteiger partial charge in [-0.05, 0) is 55.5 Å². The summed E-state index contributed by atoms with van der Waals surface area (Å²) in [5.74, 6) is -1.44. The number of hydrogen-bond acceptors (Lipinski definition) is 7. The van der Waals surface area contributed by atoms with E-state index in [-0.39, 0.29) is 75.0 Å². The van der Waals surface area contributed by atoms with Crippen LogP contribution in [0, 0.1) is 11.6 Å². The molecule has 0 saturated carbocycles. The summed E-state index contributed by atoms with van der Waals surface area (Å²) in [6.07, 6.45) is 0. The summed E-state index contributed by atoms with van der Waals surface area (Å²) in [6, 6.07) is 10.6. The van der Waals surface area contributed by atoms with Crippen molar-refractivity contribution in [2.24, 2.45) is 0 Å². The van der Waals surface area contributed by atoms with E-state index in [9.17, 15) is 23.2 Å². The number of fused-ring (bicyclic) bond motifs is 6. The Morgan fingerprint density at radius 1 is 0.875 bits per heavy atom. The van der Waals surface area contributed by atoms with Gasteiger partial charge in [-0.3, -0.25) is 0 Å². The van der Waals surface area contributed by atoms with Gasteiger partial charge >= 0.3 is 36.1 Å². The Bertz CT molecular complexity index is 1950. The SMILES string of the molecule is C.CCOC(=O)c1cc2c(=O)oc3ccc(F)cc3c2[nH]1.O=c1oc2ccc(F)cc2c2[nH]c(CO)cc12.[AlH3].[H-].[Li+]. The van der Waals surface area contributed by atoms with Crippen LogP contribution in [0.2, 0.25) is 0 Å². The molecular weight excluding hydrogens is 536 g/mol. The van der Waals surface area contributed by atoms with Gasteiger partial charge in [0.1, 0.15) is 28.5 Å². The van der Waals surface area contributed by atoms with Crippen LogP contribution in [-0.2, 0) is 11.3 Å². The summed E-state index contributed by atoms with van der Waals surface area (Å²) >= 11 is 0. The second-order valence-corrected chi connectivity index (χ2v) is 7.99. The number of hydrogen-bond donors (Lipinski definition) is 3. The van der Waals surface area contributed by atoms with Crippen LogP contribution in [-0.4, -0.2) is 45.0 Å². The Kier molecular flexibility index (Phi) is 10.7. The minimum atomic E-state index is -0.592. The molecule has 204 valence electrons. The quantitative estimate of drug-likeness (QED) is 0.167. The van der Waals surface area contributed by atoms with E-state index >= 15 is 0 Å². The van der Waals surface area contributed by atoms with Gasteiger partial charge in [0.05, 0.1) is 35.0 Å². The fourth-order valence-electron chi connectivity index (χ4n) is 4.00. The summed E-state index contributed by atoms with van der Waals surface area (Å²) in [4.78, 5) is 40.8. The monoisotopic (exact) mass is 562 g/mol. The van der Waals surface area contributed by atoms with E-state index in [1.807, 2.05) is 0 Å². The number of aliphatic hydroxyl groups is 1. The van der Waals surface area contributed by atoms with Crippen molar-refractivity contribution in [2.75, 3.05) is 6.61 Å². The van der Waals surface area contributed by atoms with Crippen LogP contribution < -0.4 is 30.1 Å². The first-order chi connectivity index (χ1) is 17.8. The number of ether oxygens (including phenoxy) is 1. The van der Waals surface area contributed by atoms with Crippen LogP contribution in [0.3, 0.4) is 0 Å². The van der Waals surface area contributed by atoms with Crippen LogP contribution in [0.5, 0.6) is 0 Å². The average molecular weight is 562 g/mol. The molecule has 0 amide bonds. The van der Waals surface area contributed by atoms with Gasteiger partial charge in [-0.1, -0.05) is 7.43 Å². The van der Waals surface area contributed by atoms with Gasteiger partial charge in [0, 0.05) is 16.5 Å². The maximum absolute atomic E-state index is 13.3. The van der Waals surface area contributed by atoms with Gasteiger partial charge in [0.2, 0.25) is 0 Å². The molecule has 6 aromatic rings. The predicted octanol–water partition coefficient (Wildman–Crippen LogP) is 1.06. The molecule has 9 nitrogen and oxygen atoms in total. The topological polar surface area (TPSA) is 139 Å². The van der Waals surface area contributed by atoms with E-state index in [4.69, 9.17) is 18.7 Å². The molecule has 6 rings (SSSR count). The van der Waals surface area contributed by atoms with Gasteiger partial charge in [-0.2, -0.15) is 0 Å². The number of carbonyl (C=O) groups excluding carboxylic acids is 1. The summed E-state index contributed by atoms with van der Waals surface area (Å²) in [7, 11) is 0. The van der Waals surface area contributed by atoms with E-state index in [0.717, 1.165) is 0 Å². The summed E-state index contributed by atoms with van der Waals surface area (Å²) in [6.45, 7) is 1.68. The van der Waals surface area contributed by atoms with Gasteiger partial charge < -0.3 is 30.1 Å². The number of carbonyl (C=O) groups is 1. The third kappa shape index (κ3) is 6.07. The molecule has 0 radical (unpaired) electrons. The van der Waals surface area contributed by atoms with Crippen molar-refractivity contribution in [1.29, 1.82) is 0 Å². The number of H-pyrrole nitrogens is 2. The summed E-state index contributed by atoms with van der Waals surface area (Å²) in [5.41, 5.74) is 0.936. The van der Waals surface area contributed by atoms with E-state index in [2.05, 4.69) is 9.97 Å². The Hall–Kier alpha value is -3.64. The molecule has 4 aromatic heterocycles. The average Bonchev–Trinajstić information content (AvgIpc) is 3.52. The van der Waals surface area contributed by atoms with E-state index in [1.165, 1.54) is 48.5 Å². The number of rotatable bonds is 3. The fourth-order valence-corrected chi connectivity index (χ4v) is 4.00. The molecule has 13 heteroatoms. The first kappa shape index (κ1) is 32.6. The molecular formula is C27H26AlF2LiN2O7. The third-order valence-corrected chi connectivity index (χ3v) is 5.62. The molecule has 0 bridgehead atoms. The minimum absolute atomic E-state index is 0. The number of nitrogens with one attached hydrogen (secondary N) is 2. The second kappa shape index (κ2) is 13.1. The molecule has 3 N–H and O–H groups in total. The van der Waals surface area contributed by atoms with Crippen LogP contribution in [0.4, 0.5) is 8.78 Å². The van der Waals surface area contributed by atoms with Gasteiger partial charge in [0.25, 0.3) is 0 Å². The number of esters is 1. The smallest absolute Gasteiger partial charge is 1.00 e. The Balaban J connectivity index is 0.000000377. The molecule has 0 saturated heterocycles. The van der Waals surface area contributed by atoms with Crippen molar-refractivity contribution in [3.63, 3.8) is 0 Å². The number of halogens is 2. The standard InChI is InChI=1S/C14H10FNO4.C12H8FNO3.CH4.Al.Li.4H/c1-2-19-14(18)10-6-9-12(16-10)8-5-7(15)3-4-11(8)20-13(9)17;13-6-1-2-10-8(3-6)11-9(12(16)17-10)4-7(5-15)14-11;;;;;;;/h3-6,16H,2H2,1H3;1-4,14-15H,5H2;1H4;;;;;;/q;;;;+1;;;;-1. The minimum Gasteiger partial charge on any atom is -1.00 e. The predicted molar refractivity (Wildman–Crippen MR) is 148 cm³/mol. The van der Waals surface area contributed by atoms with Crippen molar-refractivity contribution >= 4 is 67.1 Å². The molecule has 2 aromatic carbocycles. The van der Waals surface area contributed by atoms with Crippen LogP contribution in [0.1, 0.15) is 32.0 Å². The maximum Gasteiger partial charge on any atom is 1.00 e. The molecule has 0 spiro atoms. The van der Waals surface area contributed by atoms with E-state index in [1.54, 1.807) is 6.92 Å². The van der Waals surface area contributed by atoms with Crippen LogP contribution >= 0.6 is 0 Å². The zero-order chi connectivity index (χ0) is 26.3. The van der Waals surface area contributed by atoms with Crippen LogP contribution in [0.25, 0.3) is 43.7 Å². The van der Waals surface area contributed by atoms with Gasteiger partial charge in [-0.25, -0.2) is 23.2 Å². The van der Waals surface area contributed by atoms with E-state index < -0.39 is 28.9 Å². The normalized spacial score (nSPS) is 10.4. The zero-order valence-electron chi connectivity index (χ0n) is 21.2. The van der Waals surface area contributed by atoms with Crippen molar-refractivity contribution in [1.82, 2.24) is 9.97 Å². The fraction of sp³-hybridized carbons (Fsp3) is 0.148. The summed E-state index contributed by atoms with van der Waals surface area (Å²) in [5, 5.41) is 10.4. The second-order valence-electron chi connectivity index (χ2n) is 7.99. The number of aromatic nitrogens is 2. The number of aromatic amines is 2. The molecule has 40 heavy (non-hydrogen) atoms. The molecule has 4 heterocycles. The largest absolute Gasteiger partial charge is 1.00 e. The van der Waals surface area contributed by atoms with Crippen molar-refractivity contribution in [3.8, 4) is 0 Å². The van der Waals surface area contributed by atoms with Crippen molar-refractivity contribution in [2.45, 2.75) is 21.0 Å².